The first-order valence-electron chi connectivity index (χ1n) is 10.8. The number of aromatic amines is 1. The van der Waals surface area contributed by atoms with Crippen molar-refractivity contribution < 1.29 is 13.2 Å². The smallest absolute Gasteiger partial charge is 0.343 e. The maximum atomic E-state index is 13.0. The summed E-state index contributed by atoms with van der Waals surface area (Å²) in [6.45, 7) is 6.96. The topological polar surface area (TPSA) is 115 Å². The Labute approximate surface area is 191 Å². The number of aromatic nitrogens is 5. The van der Waals surface area contributed by atoms with Gasteiger partial charge in [-0.25, -0.2) is 23.3 Å². The Balaban J connectivity index is 1.60. The van der Waals surface area contributed by atoms with Gasteiger partial charge in [0.1, 0.15) is 5.82 Å². The molecule has 0 unspecified atom stereocenters. The van der Waals surface area contributed by atoms with E-state index in [1.54, 1.807) is 16.7 Å². The molecule has 0 amide bonds. The Hall–Kier alpha value is -2.15. The van der Waals surface area contributed by atoms with Crippen molar-refractivity contribution >= 4 is 32.8 Å². The zero-order chi connectivity index (χ0) is 22.7. The second-order valence-electron chi connectivity index (χ2n) is 7.54. The van der Waals surface area contributed by atoms with E-state index < -0.39 is 10.0 Å². The number of thioether (sulfide) groups is 1. The summed E-state index contributed by atoms with van der Waals surface area (Å²) in [6, 6.07) is 5.11. The summed E-state index contributed by atoms with van der Waals surface area (Å²) in [6.07, 6.45) is 1.89. The van der Waals surface area contributed by atoms with Crippen molar-refractivity contribution in [1.29, 1.82) is 0 Å². The molecule has 0 atom stereocenters. The number of hydrogen-bond donors (Lipinski definition) is 1. The number of nitrogens with zero attached hydrogens (tertiary/aromatic N) is 5. The summed E-state index contributed by atoms with van der Waals surface area (Å²) in [5.74, 6) is 1.33. The number of unbranched alkanes of at least 4 members (excludes halogenated alkanes) is 1. The molecule has 1 fully saturated rings. The summed E-state index contributed by atoms with van der Waals surface area (Å²) in [5, 5.41) is 7.30. The molecule has 4 rings (SSSR count). The molecule has 0 aliphatic carbocycles. The van der Waals surface area contributed by atoms with E-state index in [9.17, 15) is 13.2 Å². The largest absolute Gasteiger partial charge is 0.379 e. The monoisotopic (exact) mass is 480 g/mol. The van der Waals surface area contributed by atoms with Gasteiger partial charge in [0, 0.05) is 26.2 Å². The predicted octanol–water partition coefficient (Wildman–Crippen LogP) is 2.05. The number of H-pyrrole nitrogens is 1. The quantitative estimate of drug-likeness (QED) is 0.466. The lowest BCUT2D eigenvalue weighted by Gasteiger charge is -2.26. The van der Waals surface area contributed by atoms with Crippen LogP contribution in [0.5, 0.6) is 0 Å². The zero-order valence-electron chi connectivity index (χ0n) is 18.3. The van der Waals surface area contributed by atoms with Crippen molar-refractivity contribution in [2.24, 2.45) is 0 Å². The number of hydrogen-bond acceptors (Lipinski definition) is 7. The van der Waals surface area contributed by atoms with E-state index in [1.807, 2.05) is 13.0 Å². The highest BCUT2D eigenvalue weighted by atomic mass is 32.2. The van der Waals surface area contributed by atoms with Gasteiger partial charge in [-0.2, -0.15) is 4.31 Å². The molecule has 0 radical (unpaired) electrons. The van der Waals surface area contributed by atoms with Gasteiger partial charge in [0.05, 0.1) is 34.9 Å². The lowest BCUT2D eigenvalue weighted by molar-refractivity contribution is 0.0730. The van der Waals surface area contributed by atoms with E-state index in [0.717, 1.165) is 24.2 Å². The van der Waals surface area contributed by atoms with Crippen molar-refractivity contribution in [2.75, 3.05) is 26.3 Å². The van der Waals surface area contributed by atoms with Crippen LogP contribution in [-0.4, -0.2) is 63.3 Å². The van der Waals surface area contributed by atoms with Crippen molar-refractivity contribution in [2.45, 2.75) is 55.6 Å². The Morgan fingerprint density at radius 1 is 1.19 bits per heavy atom. The fourth-order valence-electron chi connectivity index (χ4n) is 3.77. The number of morpholine rings is 1. The van der Waals surface area contributed by atoms with Crippen LogP contribution in [0.15, 0.2) is 33.0 Å². The normalized spacial score (nSPS) is 15.6. The number of ether oxygens (including phenoxy) is 1. The number of fused-ring (bicyclic) bond motifs is 1. The molecule has 1 aromatic carbocycles. The highest BCUT2D eigenvalue weighted by Gasteiger charge is 2.27. The third-order valence-corrected chi connectivity index (χ3v) is 8.38. The lowest BCUT2D eigenvalue weighted by Crippen LogP contribution is -2.40. The molecule has 1 aliphatic rings. The molecular weight excluding hydrogens is 452 g/mol. The van der Waals surface area contributed by atoms with Gasteiger partial charge in [-0.15, -0.1) is 5.10 Å². The van der Waals surface area contributed by atoms with E-state index >= 15 is 0 Å². The number of aryl methyl sites for hydroxylation is 1. The van der Waals surface area contributed by atoms with Gasteiger partial charge in [0.15, 0.2) is 5.16 Å². The molecule has 1 saturated heterocycles. The molecule has 12 heteroatoms. The predicted molar refractivity (Wildman–Crippen MR) is 122 cm³/mol. The number of nitrogens with one attached hydrogen (secondary N) is 1. The molecule has 2 aromatic heterocycles. The van der Waals surface area contributed by atoms with E-state index in [0.29, 0.717) is 55.8 Å². The van der Waals surface area contributed by atoms with Gasteiger partial charge < -0.3 is 9.30 Å². The van der Waals surface area contributed by atoms with Crippen molar-refractivity contribution in [3.05, 3.63) is 34.5 Å². The lowest BCUT2D eigenvalue weighted by atomic mass is 10.3. The second-order valence-corrected chi connectivity index (χ2v) is 10.4. The third kappa shape index (κ3) is 4.49. The minimum atomic E-state index is -3.58. The highest BCUT2D eigenvalue weighted by molar-refractivity contribution is 7.98. The van der Waals surface area contributed by atoms with Crippen LogP contribution < -0.4 is 5.69 Å². The maximum absolute atomic E-state index is 13.0. The summed E-state index contributed by atoms with van der Waals surface area (Å²) in [5.41, 5.74) is 1.32. The molecular formula is C20H28N6O4S2. The molecule has 0 spiro atoms. The summed E-state index contributed by atoms with van der Waals surface area (Å²) < 4.78 is 36.5. The zero-order valence-corrected chi connectivity index (χ0v) is 19.9. The van der Waals surface area contributed by atoms with Gasteiger partial charge >= 0.3 is 5.69 Å². The summed E-state index contributed by atoms with van der Waals surface area (Å²) >= 11 is 1.45. The average Bonchev–Trinajstić information content (AvgIpc) is 3.35. The number of rotatable bonds is 9. The van der Waals surface area contributed by atoms with Crippen LogP contribution in [0, 0.1) is 0 Å². The molecule has 1 N–H and O–H groups in total. The van der Waals surface area contributed by atoms with Crippen molar-refractivity contribution in [3.63, 3.8) is 0 Å². The Kier molecular flexibility index (Phi) is 7.03. The van der Waals surface area contributed by atoms with Gasteiger partial charge in [-0.3, -0.25) is 4.57 Å². The first-order chi connectivity index (χ1) is 15.5. The van der Waals surface area contributed by atoms with Crippen LogP contribution in [0.25, 0.3) is 11.0 Å². The Morgan fingerprint density at radius 3 is 2.69 bits per heavy atom. The minimum Gasteiger partial charge on any atom is -0.379 e. The Bertz CT molecular complexity index is 1240. The summed E-state index contributed by atoms with van der Waals surface area (Å²) in [4.78, 5) is 17.0. The van der Waals surface area contributed by atoms with Crippen LogP contribution in [0.3, 0.4) is 0 Å². The molecule has 10 nitrogen and oxygen atoms in total. The standard InChI is InChI=1S/C20H28N6O4S2/c1-3-5-8-26-19(27)22-23-20(26)31-14-18-21-16-13-15(6-7-17(16)25(18)4-2)32(28,29)24-9-11-30-12-10-24/h6-7,13H,3-5,8-12,14H2,1-2H3,(H,22,27). The molecule has 3 aromatic rings. The van der Waals surface area contributed by atoms with Crippen LogP contribution in [0.4, 0.5) is 0 Å². The third-order valence-electron chi connectivity index (χ3n) is 5.51. The SMILES string of the molecule is CCCCn1c(SCc2nc3cc(S(=O)(=O)N4CCOCC4)ccc3n2CC)n[nH]c1=O. The molecule has 1 aliphatic heterocycles. The first-order valence-corrected chi connectivity index (χ1v) is 13.2. The average molecular weight is 481 g/mol. The van der Waals surface area contributed by atoms with Crippen LogP contribution in [-0.2, 0) is 33.6 Å². The van der Waals surface area contributed by atoms with Crippen LogP contribution in [0.2, 0.25) is 0 Å². The minimum absolute atomic E-state index is 0.206. The molecule has 3 heterocycles. The Morgan fingerprint density at radius 2 is 1.97 bits per heavy atom. The molecule has 32 heavy (non-hydrogen) atoms. The van der Waals surface area contributed by atoms with Crippen LogP contribution in [0.1, 0.15) is 32.5 Å². The molecule has 0 bridgehead atoms. The van der Waals surface area contributed by atoms with Gasteiger partial charge in [0.2, 0.25) is 10.0 Å². The van der Waals surface area contributed by atoms with Gasteiger partial charge in [-0.05, 0) is 31.5 Å². The fraction of sp³-hybridized carbons (Fsp3) is 0.550. The maximum Gasteiger partial charge on any atom is 0.343 e. The highest BCUT2D eigenvalue weighted by Crippen LogP contribution is 2.26. The number of benzene rings is 1. The van der Waals surface area contributed by atoms with E-state index in [4.69, 9.17) is 9.72 Å². The van der Waals surface area contributed by atoms with E-state index in [-0.39, 0.29) is 10.6 Å². The van der Waals surface area contributed by atoms with E-state index in [2.05, 4.69) is 21.7 Å². The van der Waals surface area contributed by atoms with Crippen LogP contribution >= 0.6 is 11.8 Å². The van der Waals surface area contributed by atoms with Gasteiger partial charge in [-0.1, -0.05) is 25.1 Å². The van der Waals surface area contributed by atoms with Gasteiger partial charge in [0.25, 0.3) is 0 Å². The van der Waals surface area contributed by atoms with Crippen molar-refractivity contribution in [3.8, 4) is 0 Å². The first kappa shape index (κ1) is 23.0. The number of sulfonamides is 1. The molecule has 0 saturated carbocycles. The second kappa shape index (κ2) is 9.77. The fourth-order valence-corrected chi connectivity index (χ4v) is 6.12. The number of imidazole rings is 1. The summed E-state index contributed by atoms with van der Waals surface area (Å²) in [7, 11) is -3.58. The molecule has 174 valence electrons. The van der Waals surface area contributed by atoms with Crippen molar-refractivity contribution in [1.82, 2.24) is 28.6 Å². The van der Waals surface area contributed by atoms with E-state index in [1.165, 1.54) is 16.1 Å².